The highest BCUT2D eigenvalue weighted by Gasteiger charge is 2.13. The number of nitrogens with one attached hydrogen (secondary N) is 2. The fourth-order valence-electron chi connectivity index (χ4n) is 2.98. The van der Waals surface area contributed by atoms with Gasteiger partial charge in [-0.15, -0.1) is 0 Å². The molecule has 0 saturated carbocycles. The Kier molecular flexibility index (Phi) is 8.13. The largest absolute Gasteiger partial charge is 0.513 e. The first-order valence-electron chi connectivity index (χ1n) is 10.3. The van der Waals surface area contributed by atoms with Gasteiger partial charge in [0.05, 0.1) is 18.0 Å². The molecule has 3 rings (SSSR count). The number of ether oxygens (including phenoxy) is 2. The van der Waals surface area contributed by atoms with Gasteiger partial charge in [0.2, 0.25) is 5.91 Å². The van der Waals surface area contributed by atoms with Crippen molar-refractivity contribution in [3.63, 3.8) is 0 Å². The molecule has 0 saturated heterocycles. The summed E-state index contributed by atoms with van der Waals surface area (Å²) in [5.74, 6) is -0.824. The van der Waals surface area contributed by atoms with Gasteiger partial charge in [-0.1, -0.05) is 30.3 Å². The van der Waals surface area contributed by atoms with Gasteiger partial charge in [0.15, 0.2) is 0 Å². The lowest BCUT2D eigenvalue weighted by atomic mass is 10.1. The summed E-state index contributed by atoms with van der Waals surface area (Å²) < 4.78 is 23.4. The van der Waals surface area contributed by atoms with E-state index in [2.05, 4.69) is 10.6 Å². The summed E-state index contributed by atoms with van der Waals surface area (Å²) in [7, 11) is 0. The maximum absolute atomic E-state index is 13.7. The van der Waals surface area contributed by atoms with E-state index >= 15 is 0 Å². The Morgan fingerprint density at radius 1 is 0.848 bits per heavy atom. The number of hydrogen-bond acceptors (Lipinski definition) is 5. The summed E-state index contributed by atoms with van der Waals surface area (Å²) >= 11 is 0. The van der Waals surface area contributed by atoms with E-state index in [0.717, 1.165) is 0 Å². The molecule has 170 valence electrons. The Hall–Kier alpha value is -4.20. The van der Waals surface area contributed by atoms with Gasteiger partial charge in [0, 0.05) is 12.0 Å². The molecule has 8 heteroatoms. The molecule has 3 aromatic carbocycles. The molecule has 0 aromatic heterocycles. The van der Waals surface area contributed by atoms with Crippen LogP contribution in [0.1, 0.15) is 29.3 Å². The minimum atomic E-state index is -0.825. The number of benzene rings is 3. The third-order valence-corrected chi connectivity index (χ3v) is 4.61. The quantitative estimate of drug-likeness (QED) is 0.364. The van der Waals surface area contributed by atoms with Crippen molar-refractivity contribution in [2.45, 2.75) is 19.8 Å². The predicted octanol–water partition coefficient (Wildman–Crippen LogP) is 5.18. The molecule has 2 amide bonds. The molecular weight excluding hydrogens is 427 g/mol. The van der Waals surface area contributed by atoms with Crippen LogP contribution in [0.3, 0.4) is 0 Å². The third kappa shape index (κ3) is 6.90. The lowest BCUT2D eigenvalue weighted by Crippen LogP contribution is -2.17. The van der Waals surface area contributed by atoms with Gasteiger partial charge in [-0.25, -0.2) is 9.18 Å². The number of carbonyl (C=O) groups is 3. The zero-order valence-corrected chi connectivity index (χ0v) is 18.0. The zero-order valence-electron chi connectivity index (χ0n) is 18.0. The first-order chi connectivity index (χ1) is 16.0. The molecule has 0 atom stereocenters. The van der Waals surface area contributed by atoms with E-state index < -0.39 is 12.1 Å². The van der Waals surface area contributed by atoms with E-state index in [0.29, 0.717) is 22.5 Å². The molecule has 3 aromatic rings. The molecule has 0 aliphatic carbocycles. The third-order valence-electron chi connectivity index (χ3n) is 4.61. The maximum Gasteiger partial charge on any atom is 0.513 e. The van der Waals surface area contributed by atoms with Crippen molar-refractivity contribution in [1.29, 1.82) is 0 Å². The van der Waals surface area contributed by atoms with Gasteiger partial charge in [-0.2, -0.15) is 0 Å². The van der Waals surface area contributed by atoms with E-state index in [1.54, 1.807) is 49.4 Å². The summed E-state index contributed by atoms with van der Waals surface area (Å²) in [5, 5.41) is 5.50. The molecule has 7 nitrogen and oxygen atoms in total. The summed E-state index contributed by atoms with van der Waals surface area (Å²) in [6, 6.07) is 19.0. The van der Waals surface area contributed by atoms with Crippen LogP contribution in [0.5, 0.6) is 5.75 Å². The van der Waals surface area contributed by atoms with Gasteiger partial charge in [-0.3, -0.25) is 9.59 Å². The highest BCUT2D eigenvalue weighted by atomic mass is 19.1. The molecule has 0 spiro atoms. The number of hydrogen-bond donors (Lipinski definition) is 2. The van der Waals surface area contributed by atoms with Crippen LogP contribution in [0, 0.1) is 5.82 Å². The molecule has 2 N–H and O–H groups in total. The average Bonchev–Trinajstić information content (AvgIpc) is 2.80. The number of para-hydroxylation sites is 2. The second-order valence-electron chi connectivity index (χ2n) is 6.95. The molecule has 0 unspecified atom stereocenters. The maximum atomic E-state index is 13.7. The first-order valence-corrected chi connectivity index (χ1v) is 10.3. The van der Waals surface area contributed by atoms with Crippen LogP contribution in [-0.4, -0.2) is 24.6 Å². The summed E-state index contributed by atoms with van der Waals surface area (Å²) in [5.41, 5.74) is 1.62. The van der Waals surface area contributed by atoms with Crippen LogP contribution >= 0.6 is 0 Å². The lowest BCUT2D eigenvalue weighted by Gasteiger charge is -2.13. The molecule has 0 bridgehead atoms. The van der Waals surface area contributed by atoms with E-state index in [4.69, 9.17) is 9.47 Å². The standard InChI is InChI=1S/C25H23FN2O5/c1-2-32-25(31)33-19-14-11-18(12-15-19)24(30)28-22-10-6-5-9-21(22)27-23(29)16-13-17-7-3-4-8-20(17)26/h3-12,14-15H,2,13,16H2,1H3,(H,27,29)(H,28,30). The lowest BCUT2D eigenvalue weighted by molar-refractivity contribution is -0.116. The van der Waals surface area contributed by atoms with E-state index in [-0.39, 0.29) is 36.9 Å². The Labute approximate surface area is 190 Å². The summed E-state index contributed by atoms with van der Waals surface area (Å²) in [4.78, 5) is 36.4. The molecule has 0 fully saturated rings. The van der Waals surface area contributed by atoms with Crippen molar-refractivity contribution in [1.82, 2.24) is 0 Å². The normalized spacial score (nSPS) is 10.2. The van der Waals surface area contributed by atoms with Crippen molar-refractivity contribution in [3.8, 4) is 5.75 Å². The Morgan fingerprint density at radius 3 is 2.15 bits per heavy atom. The second-order valence-corrected chi connectivity index (χ2v) is 6.95. The molecule has 33 heavy (non-hydrogen) atoms. The number of rotatable bonds is 8. The van der Waals surface area contributed by atoms with E-state index in [9.17, 15) is 18.8 Å². The zero-order chi connectivity index (χ0) is 23.6. The van der Waals surface area contributed by atoms with Gasteiger partial charge in [0.25, 0.3) is 5.91 Å². The number of amides is 2. The van der Waals surface area contributed by atoms with Gasteiger partial charge >= 0.3 is 6.16 Å². The van der Waals surface area contributed by atoms with Gasteiger partial charge in [-0.05, 0) is 61.4 Å². The first kappa shape index (κ1) is 23.5. The van der Waals surface area contributed by atoms with Crippen molar-refractivity contribution in [2.24, 2.45) is 0 Å². The van der Waals surface area contributed by atoms with Crippen LogP contribution in [0.15, 0.2) is 72.8 Å². The van der Waals surface area contributed by atoms with E-state index in [1.165, 1.54) is 30.3 Å². The summed E-state index contributed by atoms with van der Waals surface area (Å²) in [6.07, 6.45) is -0.479. The van der Waals surface area contributed by atoms with Crippen LogP contribution < -0.4 is 15.4 Å². The molecule has 0 aliphatic rings. The number of anilines is 2. The summed E-state index contributed by atoms with van der Waals surface area (Å²) in [6.45, 7) is 1.86. The fraction of sp³-hybridized carbons (Fsp3) is 0.160. The number of aryl methyl sites for hydroxylation is 1. The SMILES string of the molecule is CCOC(=O)Oc1ccc(C(=O)Nc2ccccc2NC(=O)CCc2ccccc2F)cc1. The molecular formula is C25H23FN2O5. The predicted molar refractivity (Wildman–Crippen MR) is 122 cm³/mol. The second kappa shape index (κ2) is 11.4. The molecule has 0 aliphatic heterocycles. The Balaban J connectivity index is 1.60. The Bertz CT molecular complexity index is 1130. The van der Waals surface area contributed by atoms with Crippen molar-refractivity contribution < 1.29 is 28.2 Å². The van der Waals surface area contributed by atoms with Crippen molar-refractivity contribution in [3.05, 3.63) is 89.7 Å². The van der Waals surface area contributed by atoms with Crippen molar-refractivity contribution >= 4 is 29.3 Å². The number of carbonyl (C=O) groups excluding carboxylic acids is 3. The van der Waals surface area contributed by atoms with Crippen LogP contribution in [0.2, 0.25) is 0 Å². The minimum Gasteiger partial charge on any atom is -0.434 e. The highest BCUT2D eigenvalue weighted by molar-refractivity contribution is 6.07. The highest BCUT2D eigenvalue weighted by Crippen LogP contribution is 2.23. The average molecular weight is 450 g/mol. The van der Waals surface area contributed by atoms with Crippen LogP contribution in [0.4, 0.5) is 20.6 Å². The topological polar surface area (TPSA) is 93.7 Å². The van der Waals surface area contributed by atoms with Gasteiger partial charge < -0.3 is 20.1 Å². The van der Waals surface area contributed by atoms with E-state index in [1.807, 2.05) is 0 Å². The Morgan fingerprint density at radius 2 is 1.48 bits per heavy atom. The van der Waals surface area contributed by atoms with Gasteiger partial charge in [0.1, 0.15) is 11.6 Å². The fourth-order valence-corrected chi connectivity index (χ4v) is 2.98. The van der Waals surface area contributed by atoms with Crippen molar-refractivity contribution in [2.75, 3.05) is 17.2 Å². The molecule has 0 heterocycles. The smallest absolute Gasteiger partial charge is 0.434 e. The van der Waals surface area contributed by atoms with Crippen LogP contribution in [0.25, 0.3) is 0 Å². The number of halogens is 1. The van der Waals surface area contributed by atoms with Crippen LogP contribution in [-0.2, 0) is 16.0 Å². The minimum absolute atomic E-state index is 0.0884. The monoisotopic (exact) mass is 450 g/mol. The molecule has 0 radical (unpaired) electrons.